The number of nitrogens with zero attached hydrogens (tertiary/aromatic N) is 3. The van der Waals surface area contributed by atoms with Crippen molar-refractivity contribution in [1.29, 1.82) is 0 Å². The van der Waals surface area contributed by atoms with Gasteiger partial charge in [-0.3, -0.25) is 4.98 Å². The second kappa shape index (κ2) is 5.95. The second-order valence-electron chi connectivity index (χ2n) is 4.46. The van der Waals surface area contributed by atoms with Crippen molar-refractivity contribution in [1.82, 2.24) is 15.0 Å². The molecule has 5 nitrogen and oxygen atoms in total. The minimum atomic E-state index is 0.378. The molecule has 0 fully saturated rings. The lowest BCUT2D eigenvalue weighted by Gasteiger charge is -2.08. The third kappa shape index (κ3) is 3.30. The van der Waals surface area contributed by atoms with Crippen LogP contribution in [-0.4, -0.2) is 15.0 Å². The number of fused-ring (bicyclic) bond motifs is 1. The average Bonchev–Trinajstić information content (AvgIpc) is 2.47. The number of rotatable bonds is 3. The van der Waals surface area contributed by atoms with Crippen LogP contribution in [0.5, 0.6) is 0 Å². The van der Waals surface area contributed by atoms with Gasteiger partial charge in [0.2, 0.25) is 0 Å². The first kappa shape index (κ1) is 14.2. The van der Waals surface area contributed by atoms with Crippen molar-refractivity contribution in [2.75, 3.05) is 11.1 Å². The van der Waals surface area contributed by atoms with Gasteiger partial charge in [-0.05, 0) is 55.6 Å². The van der Waals surface area contributed by atoms with Gasteiger partial charge in [0.05, 0.1) is 11.7 Å². The number of aromatic nitrogens is 3. The van der Waals surface area contributed by atoms with E-state index in [4.69, 9.17) is 5.73 Å². The fraction of sp³-hybridized carbons (Fsp3) is 0.0714. The van der Waals surface area contributed by atoms with Crippen molar-refractivity contribution in [2.45, 2.75) is 6.54 Å². The van der Waals surface area contributed by atoms with Gasteiger partial charge >= 0.3 is 0 Å². The van der Waals surface area contributed by atoms with Gasteiger partial charge in [-0.15, -0.1) is 0 Å². The van der Waals surface area contributed by atoms with Crippen molar-refractivity contribution in [3.63, 3.8) is 0 Å². The fourth-order valence-electron chi connectivity index (χ4n) is 1.96. The van der Waals surface area contributed by atoms with Crippen LogP contribution in [0, 0.1) is 0 Å². The molecular weight excluding hydrogens is 398 g/mol. The Morgan fingerprint density at radius 3 is 2.81 bits per heavy atom. The molecule has 1 aromatic carbocycles. The predicted octanol–water partition coefficient (Wildman–Crippen LogP) is 3.74. The number of pyridine rings is 1. The van der Waals surface area contributed by atoms with Gasteiger partial charge in [-0.1, -0.05) is 6.07 Å². The van der Waals surface area contributed by atoms with Crippen LogP contribution in [0.2, 0.25) is 0 Å². The Morgan fingerprint density at radius 1 is 1.10 bits per heavy atom. The summed E-state index contributed by atoms with van der Waals surface area (Å²) in [7, 11) is 0. The monoisotopic (exact) mass is 407 g/mol. The van der Waals surface area contributed by atoms with E-state index in [0.29, 0.717) is 22.8 Å². The van der Waals surface area contributed by atoms with Crippen LogP contribution >= 0.6 is 31.9 Å². The van der Waals surface area contributed by atoms with Crippen molar-refractivity contribution in [3.8, 4) is 0 Å². The highest BCUT2D eigenvalue weighted by atomic mass is 79.9. The molecule has 0 radical (unpaired) electrons. The molecule has 2 heterocycles. The van der Waals surface area contributed by atoms with Crippen LogP contribution in [-0.2, 0) is 6.54 Å². The van der Waals surface area contributed by atoms with Gasteiger partial charge in [0.25, 0.3) is 0 Å². The molecule has 0 aliphatic carbocycles. The molecule has 3 rings (SSSR count). The first-order valence-electron chi connectivity index (χ1n) is 6.18. The summed E-state index contributed by atoms with van der Waals surface area (Å²) in [5, 5.41) is 4.27. The van der Waals surface area contributed by atoms with Crippen LogP contribution in [0.4, 0.5) is 11.6 Å². The Kier molecular flexibility index (Phi) is 4.03. The molecule has 0 spiro atoms. The molecule has 21 heavy (non-hydrogen) atoms. The highest BCUT2D eigenvalue weighted by molar-refractivity contribution is 9.10. The van der Waals surface area contributed by atoms with Gasteiger partial charge in [0.15, 0.2) is 11.6 Å². The Morgan fingerprint density at radius 2 is 1.95 bits per heavy atom. The molecule has 0 saturated heterocycles. The third-order valence-corrected chi connectivity index (χ3v) is 3.76. The molecule has 0 amide bonds. The smallest absolute Gasteiger partial charge is 0.170 e. The third-order valence-electron chi connectivity index (χ3n) is 2.94. The first-order valence-corrected chi connectivity index (χ1v) is 7.76. The van der Waals surface area contributed by atoms with Crippen LogP contribution in [0.1, 0.15) is 5.56 Å². The van der Waals surface area contributed by atoms with Gasteiger partial charge in [-0.25, -0.2) is 9.97 Å². The van der Waals surface area contributed by atoms with E-state index in [9.17, 15) is 0 Å². The van der Waals surface area contributed by atoms with E-state index in [1.54, 1.807) is 12.4 Å². The number of benzene rings is 1. The summed E-state index contributed by atoms with van der Waals surface area (Å²) < 4.78 is 1.60. The highest BCUT2D eigenvalue weighted by Crippen LogP contribution is 2.20. The number of halogens is 2. The minimum Gasteiger partial charge on any atom is -0.381 e. The lowest BCUT2D eigenvalue weighted by atomic mass is 10.1. The zero-order valence-electron chi connectivity index (χ0n) is 10.8. The molecule has 0 unspecified atom stereocenters. The van der Waals surface area contributed by atoms with E-state index < -0.39 is 0 Å². The van der Waals surface area contributed by atoms with Crippen molar-refractivity contribution < 1.29 is 0 Å². The number of nitrogen functional groups attached to an aromatic ring is 1. The van der Waals surface area contributed by atoms with Crippen LogP contribution in [0.3, 0.4) is 0 Å². The van der Waals surface area contributed by atoms with Gasteiger partial charge < -0.3 is 11.1 Å². The lowest BCUT2D eigenvalue weighted by Crippen LogP contribution is -2.06. The molecule has 0 saturated carbocycles. The van der Waals surface area contributed by atoms with Crippen LogP contribution in [0.15, 0.2) is 45.7 Å². The zero-order chi connectivity index (χ0) is 14.8. The van der Waals surface area contributed by atoms with E-state index in [0.717, 1.165) is 20.9 Å². The van der Waals surface area contributed by atoms with Crippen LogP contribution in [0.25, 0.3) is 10.9 Å². The number of nitrogens with two attached hydrogens (primary N) is 1. The lowest BCUT2D eigenvalue weighted by molar-refractivity contribution is 1.08. The number of anilines is 2. The zero-order valence-corrected chi connectivity index (χ0v) is 14.0. The minimum absolute atomic E-state index is 0.378. The molecule has 3 aromatic rings. The molecule has 0 bridgehead atoms. The number of hydrogen-bond acceptors (Lipinski definition) is 5. The Hall–Kier alpha value is -1.73. The standard InChI is InChI=1S/C14H11Br2N5/c15-10-4-9-3-8(1-2-11(9)18-6-10)5-20-14-13(17)19-7-12(16)21-14/h1-4,6-7H,5H2,(H2,17,19)(H,20,21). The van der Waals surface area contributed by atoms with E-state index in [-0.39, 0.29) is 0 Å². The molecule has 3 N–H and O–H groups in total. The normalized spacial score (nSPS) is 10.8. The molecule has 0 atom stereocenters. The molecular formula is C14H11Br2N5. The number of nitrogens with one attached hydrogen (secondary N) is 1. The molecule has 0 aliphatic heterocycles. The Bertz CT molecular complexity index is 806. The molecule has 7 heteroatoms. The molecule has 2 aromatic heterocycles. The fourth-order valence-corrected chi connectivity index (χ4v) is 2.59. The quantitative estimate of drug-likeness (QED) is 0.690. The topological polar surface area (TPSA) is 76.7 Å². The maximum absolute atomic E-state index is 5.79. The maximum Gasteiger partial charge on any atom is 0.170 e. The van der Waals surface area contributed by atoms with Crippen molar-refractivity contribution >= 4 is 54.4 Å². The van der Waals surface area contributed by atoms with Crippen molar-refractivity contribution in [3.05, 3.63) is 51.3 Å². The predicted molar refractivity (Wildman–Crippen MR) is 90.9 cm³/mol. The number of hydrogen-bond donors (Lipinski definition) is 2. The Balaban J connectivity index is 1.83. The van der Waals surface area contributed by atoms with Crippen molar-refractivity contribution in [2.24, 2.45) is 0 Å². The van der Waals surface area contributed by atoms with Gasteiger partial charge in [0.1, 0.15) is 4.60 Å². The summed E-state index contributed by atoms with van der Waals surface area (Å²) in [6.45, 7) is 0.609. The Labute approximate surface area is 138 Å². The summed E-state index contributed by atoms with van der Waals surface area (Å²) in [5.74, 6) is 0.945. The summed E-state index contributed by atoms with van der Waals surface area (Å²) >= 11 is 6.71. The molecule has 0 aliphatic rings. The SMILES string of the molecule is Nc1ncc(Br)nc1NCc1ccc2ncc(Br)cc2c1. The summed E-state index contributed by atoms with van der Waals surface area (Å²) in [4.78, 5) is 12.7. The van der Waals surface area contributed by atoms with E-state index in [1.165, 1.54) is 0 Å². The molecule has 106 valence electrons. The largest absolute Gasteiger partial charge is 0.381 e. The average molecular weight is 409 g/mol. The van der Waals surface area contributed by atoms with Gasteiger partial charge in [0, 0.05) is 22.6 Å². The van der Waals surface area contributed by atoms with Gasteiger partial charge in [-0.2, -0.15) is 0 Å². The first-order chi connectivity index (χ1) is 10.1. The van der Waals surface area contributed by atoms with E-state index >= 15 is 0 Å². The maximum atomic E-state index is 5.79. The van der Waals surface area contributed by atoms with Crippen LogP contribution < -0.4 is 11.1 Å². The summed E-state index contributed by atoms with van der Waals surface area (Å²) in [5.41, 5.74) is 7.87. The highest BCUT2D eigenvalue weighted by Gasteiger charge is 2.04. The summed E-state index contributed by atoms with van der Waals surface area (Å²) in [6.07, 6.45) is 3.36. The summed E-state index contributed by atoms with van der Waals surface area (Å²) in [6, 6.07) is 8.15. The second-order valence-corrected chi connectivity index (χ2v) is 6.19. The van der Waals surface area contributed by atoms with E-state index in [1.807, 2.05) is 18.2 Å². The van der Waals surface area contributed by atoms with E-state index in [2.05, 4.69) is 58.2 Å².